The summed E-state index contributed by atoms with van der Waals surface area (Å²) in [5.41, 5.74) is 5.04. The first-order valence-electron chi connectivity index (χ1n) is 14.4. The summed E-state index contributed by atoms with van der Waals surface area (Å²) in [6.07, 6.45) is 13.8. The molecule has 8 atom stereocenters. The van der Waals surface area contributed by atoms with Crippen molar-refractivity contribution < 1.29 is 4.79 Å². The maximum absolute atomic E-state index is 13.2. The molecule has 1 saturated heterocycles. The minimum Gasteiger partial charge on any atom is -0.342 e. The highest BCUT2D eigenvalue weighted by molar-refractivity contribution is 5.79. The zero-order valence-electron chi connectivity index (χ0n) is 22.7. The van der Waals surface area contributed by atoms with E-state index in [-0.39, 0.29) is 5.91 Å². The molecule has 1 aromatic rings. The second-order valence-corrected chi connectivity index (χ2v) is 13.4. The summed E-state index contributed by atoms with van der Waals surface area (Å²) in [4.78, 5) is 18.0. The molecule has 1 aliphatic heterocycles. The van der Waals surface area contributed by atoms with Gasteiger partial charge in [0.15, 0.2) is 0 Å². The number of rotatable bonds is 3. The molecule has 1 heterocycles. The number of carbonyl (C=O) groups excluding carboxylic acids is 1. The summed E-state index contributed by atoms with van der Waals surface area (Å²) in [7, 11) is 4.43. The maximum Gasteiger partial charge on any atom is 0.227 e. The van der Waals surface area contributed by atoms with Crippen LogP contribution in [0.25, 0.3) is 0 Å². The Hall–Kier alpha value is -1.61. The lowest BCUT2D eigenvalue weighted by atomic mass is 9.47. The first-order valence-corrected chi connectivity index (χ1v) is 14.4. The molecule has 3 heteroatoms. The molecule has 0 aromatic heterocycles. The number of aryl methyl sites for hydroxylation is 1. The van der Waals surface area contributed by atoms with Gasteiger partial charge in [0.05, 0.1) is 6.42 Å². The van der Waals surface area contributed by atoms with Crippen LogP contribution in [0, 0.1) is 41.4 Å². The summed E-state index contributed by atoms with van der Waals surface area (Å²) >= 11 is 0. The van der Waals surface area contributed by atoms with Crippen molar-refractivity contribution in [1.82, 2.24) is 9.80 Å². The number of likely N-dealkylation sites (tertiary alicyclic amines) is 1. The highest BCUT2D eigenvalue weighted by atomic mass is 16.2. The van der Waals surface area contributed by atoms with Crippen LogP contribution in [0.3, 0.4) is 0 Å². The first-order chi connectivity index (χ1) is 16.7. The van der Waals surface area contributed by atoms with E-state index in [0.717, 1.165) is 42.6 Å². The van der Waals surface area contributed by atoms with Crippen molar-refractivity contribution in [2.75, 3.05) is 20.6 Å². The van der Waals surface area contributed by atoms with Crippen molar-refractivity contribution in [2.45, 2.75) is 90.6 Å². The Morgan fingerprint density at radius 3 is 2.66 bits per heavy atom. The van der Waals surface area contributed by atoms with Crippen LogP contribution in [0.4, 0.5) is 0 Å². The number of hydrogen-bond acceptors (Lipinski definition) is 2. The lowest BCUT2D eigenvalue weighted by Crippen LogP contribution is -2.53. The van der Waals surface area contributed by atoms with Crippen LogP contribution < -0.4 is 0 Å². The number of benzene rings is 1. The Balaban J connectivity index is 1.18. The second kappa shape index (κ2) is 8.47. The SMILES string of the molecule is Cc1ccccc1CC(=O)N(C)[C@H]1CC[C@@]2(C)C(=CC[C@@H]3C2CC[C@]24CN(C)[C@@H](C)C2CC[C@@H]34)C1. The van der Waals surface area contributed by atoms with E-state index in [4.69, 9.17) is 0 Å². The number of nitrogens with zero attached hydrogens (tertiary/aromatic N) is 2. The van der Waals surface area contributed by atoms with E-state index < -0.39 is 0 Å². The summed E-state index contributed by atoms with van der Waals surface area (Å²) in [5, 5.41) is 0. The Bertz CT molecular complexity index is 1030. The van der Waals surface area contributed by atoms with E-state index in [0.29, 0.717) is 23.3 Å². The third kappa shape index (κ3) is 3.50. The third-order valence-corrected chi connectivity index (χ3v) is 12.2. The molecule has 1 amide bonds. The average Bonchev–Trinajstić information content (AvgIpc) is 3.33. The fourth-order valence-electron chi connectivity index (χ4n) is 10.1. The molecule has 1 aromatic carbocycles. The van der Waals surface area contributed by atoms with Gasteiger partial charge in [-0.2, -0.15) is 0 Å². The van der Waals surface area contributed by atoms with E-state index in [1.807, 2.05) is 0 Å². The van der Waals surface area contributed by atoms with Crippen LogP contribution in [0.5, 0.6) is 0 Å². The molecule has 0 N–H and O–H groups in total. The van der Waals surface area contributed by atoms with Crippen molar-refractivity contribution in [2.24, 2.45) is 34.5 Å². The number of fused-ring (bicyclic) bond motifs is 4. The Morgan fingerprint density at radius 2 is 1.86 bits per heavy atom. The van der Waals surface area contributed by atoms with E-state index in [1.165, 1.54) is 56.2 Å². The first kappa shape index (κ1) is 23.8. The molecule has 3 saturated carbocycles. The molecule has 5 aliphatic rings. The van der Waals surface area contributed by atoms with Crippen molar-refractivity contribution >= 4 is 5.91 Å². The predicted octanol–water partition coefficient (Wildman–Crippen LogP) is 6.26. The summed E-state index contributed by atoms with van der Waals surface area (Å²) in [6, 6.07) is 9.46. The zero-order valence-corrected chi connectivity index (χ0v) is 22.7. The van der Waals surface area contributed by atoms with Gasteiger partial charge in [-0.3, -0.25) is 4.79 Å². The monoisotopic (exact) mass is 474 g/mol. The summed E-state index contributed by atoms with van der Waals surface area (Å²) in [5.74, 6) is 3.88. The van der Waals surface area contributed by atoms with Crippen molar-refractivity contribution in [1.29, 1.82) is 0 Å². The van der Waals surface area contributed by atoms with E-state index in [9.17, 15) is 4.79 Å². The van der Waals surface area contributed by atoms with Crippen LogP contribution in [-0.4, -0.2) is 48.4 Å². The van der Waals surface area contributed by atoms with E-state index >= 15 is 0 Å². The van der Waals surface area contributed by atoms with Crippen molar-refractivity contribution in [3.63, 3.8) is 0 Å². The number of amides is 1. The van der Waals surface area contributed by atoms with Gasteiger partial charge in [0, 0.05) is 25.7 Å². The van der Waals surface area contributed by atoms with Gasteiger partial charge in [0.2, 0.25) is 5.91 Å². The van der Waals surface area contributed by atoms with Crippen LogP contribution in [0.2, 0.25) is 0 Å². The second-order valence-electron chi connectivity index (χ2n) is 13.4. The lowest BCUT2D eigenvalue weighted by Gasteiger charge is -2.58. The Labute approximate surface area is 213 Å². The van der Waals surface area contributed by atoms with Gasteiger partial charge >= 0.3 is 0 Å². The zero-order chi connectivity index (χ0) is 24.5. The maximum atomic E-state index is 13.2. The van der Waals surface area contributed by atoms with Crippen molar-refractivity contribution in [3.8, 4) is 0 Å². The molecule has 2 unspecified atom stereocenters. The number of hydrogen-bond donors (Lipinski definition) is 0. The molecule has 4 aliphatic carbocycles. The summed E-state index contributed by atoms with van der Waals surface area (Å²) < 4.78 is 0. The highest BCUT2D eigenvalue weighted by Crippen LogP contribution is 2.68. The van der Waals surface area contributed by atoms with Crippen LogP contribution in [0.15, 0.2) is 35.9 Å². The summed E-state index contributed by atoms with van der Waals surface area (Å²) in [6.45, 7) is 8.56. The van der Waals surface area contributed by atoms with Crippen molar-refractivity contribution in [3.05, 3.63) is 47.0 Å². The minimum absolute atomic E-state index is 0.276. The van der Waals surface area contributed by atoms with Gasteiger partial charge in [-0.25, -0.2) is 0 Å². The third-order valence-electron chi connectivity index (χ3n) is 12.2. The standard InChI is InChI=1S/C32H46N2O/c1-21-8-6-7-9-23(21)18-30(35)34(5)25-14-16-31(3)24(19-25)10-11-26-28(31)15-17-32-20-33(4)22(2)27(32)12-13-29(26)32/h6-10,22,25-29H,11-20H2,1-5H3/t22-,25-,26+,27?,28?,29-,31-,32-/m0/s1. The largest absolute Gasteiger partial charge is 0.342 e. The van der Waals surface area contributed by atoms with Gasteiger partial charge in [-0.1, -0.05) is 42.8 Å². The van der Waals surface area contributed by atoms with Gasteiger partial charge in [0.1, 0.15) is 0 Å². The molecular formula is C32H46N2O. The molecule has 35 heavy (non-hydrogen) atoms. The fraction of sp³-hybridized carbons (Fsp3) is 0.719. The number of carbonyl (C=O) groups is 1. The topological polar surface area (TPSA) is 23.6 Å². The minimum atomic E-state index is 0.276. The molecule has 1 spiro atoms. The quantitative estimate of drug-likeness (QED) is 0.483. The number of likely N-dealkylation sites (N-methyl/N-ethyl adjacent to an activating group) is 1. The fourth-order valence-corrected chi connectivity index (χ4v) is 10.1. The van der Waals surface area contributed by atoms with Gasteiger partial charge < -0.3 is 9.80 Å². The van der Waals surface area contributed by atoms with Crippen LogP contribution in [0.1, 0.15) is 76.3 Å². The Kier molecular flexibility index (Phi) is 5.75. The van der Waals surface area contributed by atoms with Crippen LogP contribution >= 0.6 is 0 Å². The van der Waals surface area contributed by atoms with E-state index in [1.54, 1.807) is 5.57 Å². The molecule has 190 valence electrons. The molecule has 0 radical (unpaired) electrons. The smallest absolute Gasteiger partial charge is 0.227 e. The number of allylic oxidation sites excluding steroid dienone is 1. The normalized spacial score (nSPS) is 42.5. The molecule has 0 bridgehead atoms. The predicted molar refractivity (Wildman–Crippen MR) is 143 cm³/mol. The van der Waals surface area contributed by atoms with Gasteiger partial charge in [-0.05, 0) is 118 Å². The molecule has 3 nitrogen and oxygen atoms in total. The van der Waals surface area contributed by atoms with Crippen LogP contribution in [-0.2, 0) is 11.2 Å². The highest BCUT2D eigenvalue weighted by Gasteiger charge is 2.64. The van der Waals surface area contributed by atoms with Gasteiger partial charge in [-0.15, -0.1) is 0 Å². The molecule has 6 rings (SSSR count). The Morgan fingerprint density at radius 1 is 1.09 bits per heavy atom. The van der Waals surface area contributed by atoms with Gasteiger partial charge in [0.25, 0.3) is 0 Å². The molecule has 4 fully saturated rings. The molecular weight excluding hydrogens is 428 g/mol. The lowest BCUT2D eigenvalue weighted by molar-refractivity contribution is -0.132. The van der Waals surface area contributed by atoms with E-state index in [2.05, 4.69) is 75.0 Å². The average molecular weight is 475 g/mol.